The number of halogens is 1. The van der Waals surface area contributed by atoms with Gasteiger partial charge in [-0.1, -0.05) is 11.6 Å². The van der Waals surface area contributed by atoms with Gasteiger partial charge in [-0.3, -0.25) is 9.59 Å². The predicted octanol–water partition coefficient (Wildman–Crippen LogP) is 2.34. The van der Waals surface area contributed by atoms with Crippen LogP contribution >= 0.6 is 11.6 Å². The molecule has 1 amide bonds. The number of nitrogens with one attached hydrogen (secondary N) is 1. The number of amides is 1. The molecular formula is C18H25ClN2O5S. The van der Waals surface area contributed by atoms with Crippen LogP contribution in [-0.4, -0.2) is 50.3 Å². The van der Waals surface area contributed by atoms with Gasteiger partial charge >= 0.3 is 5.97 Å². The molecule has 9 heteroatoms. The van der Waals surface area contributed by atoms with Crippen molar-refractivity contribution in [2.75, 3.05) is 19.7 Å². The van der Waals surface area contributed by atoms with Crippen molar-refractivity contribution in [1.29, 1.82) is 0 Å². The Hall–Kier alpha value is -1.64. The zero-order valence-electron chi connectivity index (χ0n) is 15.3. The average molecular weight is 417 g/mol. The minimum absolute atomic E-state index is 0.0574. The van der Waals surface area contributed by atoms with Crippen molar-refractivity contribution in [1.82, 2.24) is 9.62 Å². The van der Waals surface area contributed by atoms with E-state index in [9.17, 15) is 18.0 Å². The molecule has 7 nitrogen and oxygen atoms in total. The van der Waals surface area contributed by atoms with E-state index in [-0.39, 0.29) is 42.8 Å². The average Bonchev–Trinajstić information content (AvgIpc) is 2.83. The van der Waals surface area contributed by atoms with Crippen molar-refractivity contribution >= 4 is 33.5 Å². The van der Waals surface area contributed by atoms with E-state index in [4.69, 9.17) is 16.3 Å². The van der Waals surface area contributed by atoms with E-state index in [0.29, 0.717) is 18.0 Å². The first-order valence-electron chi connectivity index (χ1n) is 9.07. The van der Waals surface area contributed by atoms with E-state index in [1.165, 1.54) is 28.6 Å². The first kappa shape index (κ1) is 21.7. The molecule has 27 heavy (non-hydrogen) atoms. The molecule has 1 aromatic rings. The van der Waals surface area contributed by atoms with E-state index >= 15 is 0 Å². The lowest BCUT2D eigenvalue weighted by molar-refractivity contribution is -0.143. The summed E-state index contributed by atoms with van der Waals surface area (Å²) in [4.78, 5) is 24.1. The molecule has 1 aromatic carbocycles. The lowest BCUT2D eigenvalue weighted by atomic mass is 10.1. The molecule has 0 saturated carbocycles. The van der Waals surface area contributed by atoms with Crippen LogP contribution in [-0.2, 0) is 24.3 Å². The largest absolute Gasteiger partial charge is 0.466 e. The fourth-order valence-electron chi connectivity index (χ4n) is 3.00. The number of hydrogen-bond donors (Lipinski definition) is 1. The molecule has 0 radical (unpaired) electrons. The molecule has 0 bridgehead atoms. The SMILES string of the molecule is CCOC(=O)CCCN(C1CCCCNC1=O)S(=O)(=O)c1ccc(Cl)cc1. The molecular weight excluding hydrogens is 392 g/mol. The van der Waals surface area contributed by atoms with Crippen LogP contribution in [0.3, 0.4) is 0 Å². The Balaban J connectivity index is 2.25. The van der Waals surface area contributed by atoms with Gasteiger partial charge in [-0.25, -0.2) is 8.42 Å². The number of ether oxygens (including phenoxy) is 1. The highest BCUT2D eigenvalue weighted by Crippen LogP contribution is 2.24. The first-order chi connectivity index (χ1) is 12.9. The van der Waals surface area contributed by atoms with Crippen molar-refractivity contribution in [3.8, 4) is 0 Å². The fourth-order valence-corrected chi connectivity index (χ4v) is 4.78. The standard InChI is InChI=1S/C18H25ClN2O5S/c1-2-26-17(22)7-5-13-21(16-6-3-4-12-20-18(16)23)27(24,25)15-10-8-14(19)9-11-15/h8-11,16H,2-7,12-13H2,1H3,(H,20,23). The smallest absolute Gasteiger partial charge is 0.305 e. The number of hydrogen-bond acceptors (Lipinski definition) is 5. The third kappa shape index (κ3) is 5.92. The van der Waals surface area contributed by atoms with Gasteiger partial charge in [-0.15, -0.1) is 0 Å². The van der Waals surface area contributed by atoms with Gasteiger partial charge in [0.2, 0.25) is 15.9 Å². The van der Waals surface area contributed by atoms with Crippen molar-refractivity contribution in [3.05, 3.63) is 29.3 Å². The van der Waals surface area contributed by atoms with Crippen LogP contribution in [0.4, 0.5) is 0 Å². The molecule has 1 fully saturated rings. The van der Waals surface area contributed by atoms with Gasteiger partial charge in [-0.05, 0) is 56.9 Å². The van der Waals surface area contributed by atoms with Crippen molar-refractivity contribution in [2.24, 2.45) is 0 Å². The summed E-state index contributed by atoms with van der Waals surface area (Å²) in [5, 5.41) is 3.20. The van der Waals surface area contributed by atoms with Gasteiger partial charge in [0.05, 0.1) is 11.5 Å². The number of sulfonamides is 1. The summed E-state index contributed by atoms with van der Waals surface area (Å²) < 4.78 is 32.5. The Morgan fingerprint density at radius 2 is 2.00 bits per heavy atom. The maximum absolute atomic E-state index is 13.2. The number of carbonyl (C=O) groups is 2. The second kappa shape index (κ2) is 10.1. The summed E-state index contributed by atoms with van der Waals surface area (Å²) in [6, 6.07) is 5.04. The minimum atomic E-state index is -3.92. The quantitative estimate of drug-likeness (QED) is 0.656. The van der Waals surface area contributed by atoms with Crippen LogP contribution in [0.2, 0.25) is 5.02 Å². The maximum Gasteiger partial charge on any atom is 0.305 e. The Labute approximate surface area is 165 Å². The summed E-state index contributed by atoms with van der Waals surface area (Å²) in [7, 11) is -3.92. The van der Waals surface area contributed by atoms with Gasteiger partial charge in [0.25, 0.3) is 0 Å². The van der Waals surface area contributed by atoms with E-state index in [2.05, 4.69) is 5.32 Å². The molecule has 0 aliphatic carbocycles. The second-order valence-corrected chi connectivity index (χ2v) is 8.61. The van der Waals surface area contributed by atoms with Crippen molar-refractivity contribution in [3.63, 3.8) is 0 Å². The van der Waals surface area contributed by atoms with Gasteiger partial charge in [0.1, 0.15) is 6.04 Å². The van der Waals surface area contributed by atoms with Crippen LogP contribution in [0.5, 0.6) is 0 Å². The maximum atomic E-state index is 13.2. The Morgan fingerprint density at radius 3 is 2.67 bits per heavy atom. The monoisotopic (exact) mass is 416 g/mol. The molecule has 0 spiro atoms. The molecule has 1 aliphatic heterocycles. The molecule has 1 aliphatic rings. The first-order valence-corrected chi connectivity index (χ1v) is 10.9. The van der Waals surface area contributed by atoms with Crippen LogP contribution in [0, 0.1) is 0 Å². The van der Waals surface area contributed by atoms with Gasteiger partial charge in [-0.2, -0.15) is 4.31 Å². The van der Waals surface area contributed by atoms with E-state index in [1.54, 1.807) is 6.92 Å². The Kier molecular flexibility index (Phi) is 8.07. The second-order valence-electron chi connectivity index (χ2n) is 6.28. The van der Waals surface area contributed by atoms with E-state index < -0.39 is 16.1 Å². The van der Waals surface area contributed by atoms with Crippen LogP contribution < -0.4 is 5.32 Å². The molecule has 1 heterocycles. The van der Waals surface area contributed by atoms with Gasteiger partial charge in [0.15, 0.2) is 0 Å². The van der Waals surface area contributed by atoms with Gasteiger partial charge < -0.3 is 10.1 Å². The van der Waals surface area contributed by atoms with Crippen LogP contribution in [0.15, 0.2) is 29.2 Å². The summed E-state index contributed by atoms with van der Waals surface area (Å²) in [5.41, 5.74) is 0. The lowest BCUT2D eigenvalue weighted by Gasteiger charge is -2.29. The number of nitrogens with zero attached hydrogens (tertiary/aromatic N) is 1. The minimum Gasteiger partial charge on any atom is -0.466 e. The molecule has 2 rings (SSSR count). The van der Waals surface area contributed by atoms with Crippen LogP contribution in [0.1, 0.15) is 39.0 Å². The summed E-state index contributed by atoms with van der Waals surface area (Å²) in [6.45, 7) is 2.58. The fraction of sp³-hybridized carbons (Fsp3) is 0.556. The highest BCUT2D eigenvalue weighted by atomic mass is 35.5. The highest BCUT2D eigenvalue weighted by Gasteiger charge is 2.36. The Bertz CT molecular complexity index is 752. The number of benzene rings is 1. The molecule has 1 atom stereocenters. The summed E-state index contributed by atoms with van der Waals surface area (Å²) in [6.07, 6.45) is 2.36. The van der Waals surface area contributed by atoms with Crippen molar-refractivity contribution in [2.45, 2.75) is 50.0 Å². The van der Waals surface area contributed by atoms with E-state index in [0.717, 1.165) is 12.8 Å². The lowest BCUT2D eigenvalue weighted by Crippen LogP contribution is -2.49. The number of esters is 1. The summed E-state index contributed by atoms with van der Waals surface area (Å²) in [5.74, 6) is -0.687. The normalized spacial score (nSPS) is 18.0. The molecule has 1 unspecified atom stereocenters. The number of rotatable bonds is 8. The summed E-state index contributed by atoms with van der Waals surface area (Å²) >= 11 is 5.86. The molecule has 150 valence electrons. The topological polar surface area (TPSA) is 92.8 Å². The number of carbonyl (C=O) groups excluding carboxylic acids is 2. The van der Waals surface area contributed by atoms with E-state index in [1.807, 2.05) is 0 Å². The zero-order valence-corrected chi connectivity index (χ0v) is 16.9. The van der Waals surface area contributed by atoms with Crippen molar-refractivity contribution < 1.29 is 22.7 Å². The van der Waals surface area contributed by atoms with Gasteiger partial charge in [0, 0.05) is 24.5 Å². The molecule has 0 aromatic heterocycles. The zero-order chi connectivity index (χ0) is 19.9. The molecule has 1 saturated heterocycles. The third-order valence-electron chi connectivity index (χ3n) is 4.34. The van der Waals surface area contributed by atoms with Crippen LogP contribution in [0.25, 0.3) is 0 Å². The Morgan fingerprint density at radius 1 is 1.30 bits per heavy atom. The third-order valence-corrected chi connectivity index (χ3v) is 6.51. The molecule has 1 N–H and O–H groups in total. The predicted molar refractivity (Wildman–Crippen MR) is 102 cm³/mol. The highest BCUT2D eigenvalue weighted by molar-refractivity contribution is 7.89.